The molecule has 1 aliphatic carbocycles. The third-order valence-corrected chi connectivity index (χ3v) is 4.09. The largest absolute Gasteiger partial charge is 0.490 e. The highest BCUT2D eigenvalue weighted by atomic mass is 19.1. The van der Waals surface area contributed by atoms with Crippen molar-refractivity contribution in [3.8, 4) is 5.75 Å². The summed E-state index contributed by atoms with van der Waals surface area (Å²) in [4.78, 5) is 0. The van der Waals surface area contributed by atoms with Crippen molar-refractivity contribution < 1.29 is 9.13 Å². The number of rotatable bonds is 3. The average Bonchev–Trinajstić information content (AvgIpc) is 2.36. The van der Waals surface area contributed by atoms with Crippen molar-refractivity contribution in [2.75, 3.05) is 0 Å². The van der Waals surface area contributed by atoms with E-state index < -0.39 is 0 Å². The van der Waals surface area contributed by atoms with Gasteiger partial charge >= 0.3 is 0 Å². The quantitative estimate of drug-likeness (QED) is 0.892. The first-order valence-electron chi connectivity index (χ1n) is 7.21. The lowest BCUT2D eigenvalue weighted by atomic mass is 9.88. The highest BCUT2D eigenvalue weighted by Crippen LogP contribution is 2.32. The minimum Gasteiger partial charge on any atom is -0.490 e. The minimum atomic E-state index is -0.219. The SMILES string of the molecule is Cc1cc(OC2CCCCC2C)c([C@H](C)N)cc1F. The Hall–Kier alpha value is -1.09. The molecular formula is C16H24FNO. The highest BCUT2D eigenvalue weighted by molar-refractivity contribution is 5.40. The van der Waals surface area contributed by atoms with Crippen molar-refractivity contribution in [2.45, 2.75) is 58.6 Å². The number of hydrogen-bond acceptors (Lipinski definition) is 2. The molecule has 0 aliphatic heterocycles. The Morgan fingerprint density at radius 3 is 2.63 bits per heavy atom. The molecule has 1 fully saturated rings. The van der Waals surface area contributed by atoms with Crippen LogP contribution < -0.4 is 10.5 Å². The molecular weight excluding hydrogens is 241 g/mol. The third-order valence-electron chi connectivity index (χ3n) is 4.09. The number of ether oxygens (including phenoxy) is 1. The molecule has 106 valence electrons. The van der Waals surface area contributed by atoms with Crippen LogP contribution in [-0.2, 0) is 0 Å². The third kappa shape index (κ3) is 3.27. The lowest BCUT2D eigenvalue weighted by Crippen LogP contribution is -2.29. The number of halogens is 1. The molecule has 2 nitrogen and oxygen atoms in total. The second-order valence-corrected chi connectivity index (χ2v) is 5.85. The van der Waals surface area contributed by atoms with Gasteiger partial charge in [-0.15, -0.1) is 0 Å². The van der Waals surface area contributed by atoms with Crippen LogP contribution in [0.4, 0.5) is 4.39 Å². The van der Waals surface area contributed by atoms with Gasteiger partial charge in [-0.2, -0.15) is 0 Å². The van der Waals surface area contributed by atoms with Crippen LogP contribution in [-0.4, -0.2) is 6.10 Å². The first-order valence-corrected chi connectivity index (χ1v) is 7.21. The Morgan fingerprint density at radius 1 is 1.32 bits per heavy atom. The molecule has 3 heteroatoms. The molecule has 0 bridgehead atoms. The summed E-state index contributed by atoms with van der Waals surface area (Å²) in [6, 6.07) is 3.09. The minimum absolute atomic E-state index is 0.212. The van der Waals surface area contributed by atoms with E-state index in [1.54, 1.807) is 13.0 Å². The Balaban J connectivity index is 2.25. The van der Waals surface area contributed by atoms with E-state index in [1.165, 1.54) is 25.3 Å². The fraction of sp³-hybridized carbons (Fsp3) is 0.625. The smallest absolute Gasteiger partial charge is 0.126 e. The van der Waals surface area contributed by atoms with Gasteiger partial charge in [-0.25, -0.2) is 4.39 Å². The topological polar surface area (TPSA) is 35.2 Å². The predicted octanol–water partition coefficient (Wildman–Crippen LogP) is 4.11. The molecule has 1 aliphatic rings. The summed E-state index contributed by atoms with van der Waals surface area (Å²) in [5, 5.41) is 0. The van der Waals surface area contributed by atoms with E-state index in [-0.39, 0.29) is 18.0 Å². The van der Waals surface area contributed by atoms with Gasteiger partial charge in [-0.1, -0.05) is 13.3 Å². The van der Waals surface area contributed by atoms with Crippen molar-refractivity contribution in [3.05, 3.63) is 29.1 Å². The van der Waals surface area contributed by atoms with Crippen LogP contribution in [0.25, 0.3) is 0 Å². The van der Waals surface area contributed by atoms with E-state index >= 15 is 0 Å². The second-order valence-electron chi connectivity index (χ2n) is 5.85. The fourth-order valence-electron chi connectivity index (χ4n) is 2.75. The van der Waals surface area contributed by atoms with Crippen molar-refractivity contribution in [2.24, 2.45) is 11.7 Å². The lowest BCUT2D eigenvalue weighted by molar-refractivity contribution is 0.101. The van der Waals surface area contributed by atoms with Crippen molar-refractivity contribution >= 4 is 0 Å². The monoisotopic (exact) mass is 265 g/mol. The molecule has 1 aromatic rings. The normalized spacial score (nSPS) is 25.1. The number of aryl methyl sites for hydroxylation is 1. The van der Waals surface area contributed by atoms with Crippen LogP contribution in [0.2, 0.25) is 0 Å². The molecule has 3 atom stereocenters. The fourth-order valence-corrected chi connectivity index (χ4v) is 2.75. The number of nitrogens with two attached hydrogens (primary N) is 1. The zero-order valence-corrected chi connectivity index (χ0v) is 12.1. The first-order chi connectivity index (χ1) is 8.99. The van der Waals surface area contributed by atoms with Gasteiger partial charge in [0.25, 0.3) is 0 Å². The van der Waals surface area contributed by atoms with Gasteiger partial charge < -0.3 is 10.5 Å². The molecule has 0 amide bonds. The highest BCUT2D eigenvalue weighted by Gasteiger charge is 2.24. The number of benzene rings is 1. The van der Waals surface area contributed by atoms with Crippen LogP contribution in [0.15, 0.2) is 12.1 Å². The maximum absolute atomic E-state index is 13.7. The maximum Gasteiger partial charge on any atom is 0.126 e. The Morgan fingerprint density at radius 2 is 2.00 bits per heavy atom. The van der Waals surface area contributed by atoms with Crippen LogP contribution in [0.3, 0.4) is 0 Å². The van der Waals surface area contributed by atoms with Gasteiger partial charge in [-0.3, -0.25) is 0 Å². The van der Waals surface area contributed by atoms with Crippen LogP contribution in [0, 0.1) is 18.7 Å². The standard InChI is InChI=1S/C16H24FNO/c1-10-6-4-5-7-15(10)19-16-8-11(2)14(17)9-13(16)12(3)18/h8-10,12,15H,4-7,18H2,1-3H3/t10?,12-,15?/m0/s1. The lowest BCUT2D eigenvalue weighted by Gasteiger charge is -2.30. The van der Waals surface area contributed by atoms with Crippen LogP contribution in [0.5, 0.6) is 5.75 Å². The predicted molar refractivity (Wildman–Crippen MR) is 75.8 cm³/mol. The molecule has 0 saturated heterocycles. The molecule has 2 rings (SSSR count). The first kappa shape index (κ1) is 14.3. The van der Waals surface area contributed by atoms with Gasteiger partial charge in [0, 0.05) is 11.6 Å². The zero-order valence-electron chi connectivity index (χ0n) is 12.1. The van der Waals surface area contributed by atoms with E-state index in [0.29, 0.717) is 11.5 Å². The summed E-state index contributed by atoms with van der Waals surface area (Å²) in [7, 11) is 0. The summed E-state index contributed by atoms with van der Waals surface area (Å²) < 4.78 is 19.8. The van der Waals surface area contributed by atoms with E-state index in [9.17, 15) is 4.39 Å². The molecule has 0 radical (unpaired) electrons. The van der Waals surface area contributed by atoms with Gasteiger partial charge in [0.1, 0.15) is 17.7 Å². The Kier molecular flexibility index (Phi) is 4.46. The van der Waals surface area contributed by atoms with Crippen LogP contribution >= 0.6 is 0 Å². The van der Waals surface area contributed by atoms with Crippen molar-refractivity contribution in [1.82, 2.24) is 0 Å². The zero-order chi connectivity index (χ0) is 14.0. The average molecular weight is 265 g/mol. The molecule has 0 spiro atoms. The van der Waals surface area contributed by atoms with Gasteiger partial charge in [0.2, 0.25) is 0 Å². The summed E-state index contributed by atoms with van der Waals surface area (Å²) in [5.41, 5.74) is 7.31. The summed E-state index contributed by atoms with van der Waals surface area (Å²) in [6.07, 6.45) is 5.01. The van der Waals surface area contributed by atoms with E-state index in [0.717, 1.165) is 17.7 Å². The maximum atomic E-state index is 13.7. The molecule has 1 aromatic carbocycles. The molecule has 2 unspecified atom stereocenters. The Labute approximate surface area is 115 Å². The van der Waals surface area contributed by atoms with Crippen molar-refractivity contribution in [1.29, 1.82) is 0 Å². The van der Waals surface area contributed by atoms with E-state index in [4.69, 9.17) is 10.5 Å². The van der Waals surface area contributed by atoms with Crippen molar-refractivity contribution in [3.63, 3.8) is 0 Å². The van der Waals surface area contributed by atoms with Gasteiger partial charge in [0.05, 0.1) is 0 Å². The summed E-state index contributed by atoms with van der Waals surface area (Å²) in [6.45, 7) is 5.85. The molecule has 0 heterocycles. The summed E-state index contributed by atoms with van der Waals surface area (Å²) >= 11 is 0. The second kappa shape index (κ2) is 5.91. The van der Waals surface area contributed by atoms with Gasteiger partial charge in [0.15, 0.2) is 0 Å². The Bertz CT molecular complexity index is 445. The summed E-state index contributed by atoms with van der Waals surface area (Å²) in [5.74, 6) is 1.10. The molecule has 1 saturated carbocycles. The molecule has 2 N–H and O–H groups in total. The number of hydrogen-bond donors (Lipinski definition) is 1. The van der Waals surface area contributed by atoms with Crippen LogP contribution in [0.1, 0.15) is 56.7 Å². The molecule has 19 heavy (non-hydrogen) atoms. The van der Waals surface area contributed by atoms with E-state index in [1.807, 2.05) is 6.92 Å². The van der Waals surface area contributed by atoms with E-state index in [2.05, 4.69) is 6.92 Å². The van der Waals surface area contributed by atoms with Gasteiger partial charge in [-0.05, 0) is 56.7 Å². The molecule has 0 aromatic heterocycles.